The number of carbonyl (C=O) groups is 1. The van der Waals surface area contributed by atoms with E-state index in [4.69, 9.17) is 16.3 Å². The van der Waals surface area contributed by atoms with Crippen molar-refractivity contribution in [2.45, 2.75) is 19.4 Å². The molecule has 5 rings (SSSR count). The van der Waals surface area contributed by atoms with Crippen LogP contribution in [0, 0.1) is 0 Å². The van der Waals surface area contributed by atoms with Crippen molar-refractivity contribution in [1.29, 1.82) is 0 Å². The number of amides is 1. The first-order valence-corrected chi connectivity index (χ1v) is 10.4. The number of nitrogens with one attached hydrogen (secondary N) is 1. The highest BCUT2D eigenvalue weighted by molar-refractivity contribution is 6.31. The molecule has 0 saturated carbocycles. The van der Waals surface area contributed by atoms with Crippen LogP contribution in [0.1, 0.15) is 28.9 Å². The summed E-state index contributed by atoms with van der Waals surface area (Å²) in [6.07, 6.45) is 2.49. The number of ether oxygens (including phenoxy) is 1. The lowest BCUT2D eigenvalue weighted by molar-refractivity contribution is 0.102. The number of nitrogens with zero attached hydrogens (tertiary/aromatic N) is 1. The van der Waals surface area contributed by atoms with E-state index >= 15 is 0 Å². The Morgan fingerprint density at radius 3 is 2.71 bits per heavy atom. The van der Waals surface area contributed by atoms with Crippen molar-refractivity contribution in [2.24, 2.45) is 0 Å². The van der Waals surface area contributed by atoms with Crippen molar-refractivity contribution >= 4 is 34.1 Å². The van der Waals surface area contributed by atoms with Gasteiger partial charge in [0.1, 0.15) is 11.3 Å². The molecule has 6 heteroatoms. The zero-order chi connectivity index (χ0) is 21.5. The Bertz CT molecular complexity index is 1380. The third-order valence-electron chi connectivity index (χ3n) is 5.53. The van der Waals surface area contributed by atoms with Gasteiger partial charge in [-0.3, -0.25) is 9.59 Å². The van der Waals surface area contributed by atoms with Crippen molar-refractivity contribution in [1.82, 2.24) is 4.57 Å². The molecule has 2 heterocycles. The standard InChI is InChI=1S/C25H19ClN2O3/c1-15-12-16-6-5-9-19-23(16)28(15)14-20(24(19)29)25(30)27-21-13-17(26)10-11-22(21)31-18-7-3-2-4-8-18/h2-11,13-15H,12H2,1H3,(H,27,30). The van der Waals surface area contributed by atoms with Gasteiger partial charge in [0.15, 0.2) is 5.75 Å². The van der Waals surface area contributed by atoms with E-state index in [0.717, 1.165) is 17.5 Å². The number of anilines is 1. The monoisotopic (exact) mass is 430 g/mol. The highest BCUT2D eigenvalue weighted by Crippen LogP contribution is 2.33. The molecule has 1 aliphatic heterocycles. The quantitative estimate of drug-likeness (QED) is 0.444. The van der Waals surface area contributed by atoms with Gasteiger partial charge in [-0.15, -0.1) is 0 Å². The number of rotatable bonds is 4. The van der Waals surface area contributed by atoms with Crippen LogP contribution >= 0.6 is 11.6 Å². The highest BCUT2D eigenvalue weighted by Gasteiger charge is 2.24. The average Bonchev–Trinajstić information content (AvgIpc) is 3.09. The summed E-state index contributed by atoms with van der Waals surface area (Å²) in [6, 6.07) is 20.1. The van der Waals surface area contributed by atoms with E-state index in [9.17, 15) is 9.59 Å². The van der Waals surface area contributed by atoms with Gasteiger partial charge in [0.25, 0.3) is 5.91 Å². The Hall–Kier alpha value is -3.57. The number of para-hydroxylation sites is 2. The van der Waals surface area contributed by atoms with E-state index in [0.29, 0.717) is 27.6 Å². The Morgan fingerprint density at radius 1 is 1.10 bits per heavy atom. The Balaban J connectivity index is 1.54. The predicted molar refractivity (Wildman–Crippen MR) is 123 cm³/mol. The molecule has 1 atom stereocenters. The van der Waals surface area contributed by atoms with Crippen LogP contribution in [0.25, 0.3) is 10.9 Å². The van der Waals surface area contributed by atoms with Crippen molar-refractivity contribution < 1.29 is 9.53 Å². The zero-order valence-electron chi connectivity index (χ0n) is 16.8. The van der Waals surface area contributed by atoms with Crippen LogP contribution in [0.5, 0.6) is 11.5 Å². The first-order chi connectivity index (χ1) is 15.0. The van der Waals surface area contributed by atoms with E-state index in [1.807, 2.05) is 47.0 Å². The number of hydrogen-bond acceptors (Lipinski definition) is 3. The maximum Gasteiger partial charge on any atom is 0.261 e. The van der Waals surface area contributed by atoms with Crippen molar-refractivity contribution in [3.05, 3.63) is 99.3 Å². The van der Waals surface area contributed by atoms with E-state index in [-0.39, 0.29) is 17.0 Å². The Morgan fingerprint density at radius 2 is 1.90 bits per heavy atom. The summed E-state index contributed by atoms with van der Waals surface area (Å²) in [5.41, 5.74) is 2.23. The van der Waals surface area contributed by atoms with E-state index in [1.165, 1.54) is 0 Å². The fourth-order valence-corrected chi connectivity index (χ4v) is 4.24. The summed E-state index contributed by atoms with van der Waals surface area (Å²) in [7, 11) is 0. The number of aromatic nitrogens is 1. The van der Waals surface area contributed by atoms with Gasteiger partial charge in [0, 0.05) is 22.6 Å². The topological polar surface area (TPSA) is 60.3 Å². The molecule has 1 unspecified atom stereocenters. The number of hydrogen-bond donors (Lipinski definition) is 1. The Kier molecular flexibility index (Phi) is 4.75. The summed E-state index contributed by atoms with van der Waals surface area (Å²) in [4.78, 5) is 26.3. The second-order valence-corrected chi connectivity index (χ2v) is 8.09. The molecule has 31 heavy (non-hydrogen) atoms. The number of carbonyl (C=O) groups excluding carboxylic acids is 1. The van der Waals surface area contributed by atoms with Gasteiger partial charge in [-0.1, -0.05) is 41.9 Å². The maximum absolute atomic E-state index is 13.2. The molecule has 0 aliphatic carbocycles. The second-order valence-electron chi connectivity index (χ2n) is 7.66. The maximum atomic E-state index is 13.2. The molecule has 1 N–H and O–H groups in total. The van der Waals surface area contributed by atoms with Gasteiger partial charge in [0.2, 0.25) is 5.43 Å². The van der Waals surface area contributed by atoms with Gasteiger partial charge in [-0.2, -0.15) is 0 Å². The van der Waals surface area contributed by atoms with Crippen LogP contribution in [0.4, 0.5) is 5.69 Å². The largest absolute Gasteiger partial charge is 0.455 e. The first-order valence-electron chi connectivity index (χ1n) is 10.0. The molecule has 0 radical (unpaired) electrons. The van der Waals surface area contributed by atoms with Crippen molar-refractivity contribution in [2.75, 3.05) is 5.32 Å². The normalized spacial score (nSPS) is 14.6. The second kappa shape index (κ2) is 7.60. The molecule has 0 fully saturated rings. The van der Waals surface area contributed by atoms with Crippen LogP contribution in [0.3, 0.4) is 0 Å². The molecule has 4 aromatic rings. The average molecular weight is 431 g/mol. The van der Waals surface area contributed by atoms with Crippen molar-refractivity contribution in [3.8, 4) is 11.5 Å². The zero-order valence-corrected chi connectivity index (χ0v) is 17.5. The van der Waals surface area contributed by atoms with Crippen LogP contribution in [0.15, 0.2) is 77.7 Å². The molecule has 0 spiro atoms. The van der Waals surface area contributed by atoms with E-state index < -0.39 is 5.91 Å². The van der Waals surface area contributed by atoms with Gasteiger partial charge in [0.05, 0.1) is 11.2 Å². The first kappa shape index (κ1) is 19.4. The highest BCUT2D eigenvalue weighted by atomic mass is 35.5. The minimum atomic E-state index is -0.500. The molecule has 0 saturated heterocycles. The smallest absolute Gasteiger partial charge is 0.261 e. The number of pyridine rings is 1. The SMILES string of the molecule is CC1Cc2cccc3c(=O)c(C(=O)Nc4cc(Cl)ccc4Oc4ccccc4)cn1c23. The molecule has 0 bridgehead atoms. The summed E-state index contributed by atoms with van der Waals surface area (Å²) in [5.74, 6) is 0.561. The lowest BCUT2D eigenvalue weighted by atomic mass is 10.1. The minimum Gasteiger partial charge on any atom is -0.455 e. The molecule has 5 nitrogen and oxygen atoms in total. The van der Waals surface area contributed by atoms with Crippen LogP contribution < -0.4 is 15.5 Å². The van der Waals surface area contributed by atoms with Crippen LogP contribution in [-0.4, -0.2) is 10.5 Å². The van der Waals surface area contributed by atoms with Crippen molar-refractivity contribution in [3.63, 3.8) is 0 Å². The minimum absolute atomic E-state index is 0.0871. The summed E-state index contributed by atoms with van der Waals surface area (Å²) < 4.78 is 7.93. The van der Waals surface area contributed by atoms with Gasteiger partial charge in [-0.05, 0) is 55.3 Å². The predicted octanol–water partition coefficient (Wildman–Crippen LogP) is 5.82. The molecular weight excluding hydrogens is 412 g/mol. The van der Waals surface area contributed by atoms with Crippen LogP contribution in [-0.2, 0) is 6.42 Å². The lowest BCUT2D eigenvalue weighted by Crippen LogP contribution is -2.24. The summed E-state index contributed by atoms with van der Waals surface area (Å²) >= 11 is 6.16. The third-order valence-corrected chi connectivity index (χ3v) is 5.77. The van der Waals surface area contributed by atoms with E-state index in [2.05, 4.69) is 12.2 Å². The van der Waals surface area contributed by atoms with Crippen LogP contribution in [0.2, 0.25) is 5.02 Å². The number of halogens is 1. The Labute approximate surface area is 183 Å². The fourth-order valence-electron chi connectivity index (χ4n) is 4.07. The molecule has 1 aliphatic rings. The molecule has 3 aromatic carbocycles. The third kappa shape index (κ3) is 3.47. The molecular formula is C25H19ClN2O3. The number of benzene rings is 3. The summed E-state index contributed by atoms with van der Waals surface area (Å²) in [5, 5.41) is 3.82. The fraction of sp³-hybridized carbons (Fsp3) is 0.120. The lowest BCUT2D eigenvalue weighted by Gasteiger charge is -2.15. The summed E-state index contributed by atoms with van der Waals surface area (Å²) in [6.45, 7) is 2.08. The van der Waals surface area contributed by atoms with Gasteiger partial charge < -0.3 is 14.6 Å². The van der Waals surface area contributed by atoms with E-state index in [1.54, 1.807) is 30.5 Å². The molecule has 154 valence electrons. The molecule has 1 amide bonds. The molecule has 1 aromatic heterocycles. The van der Waals surface area contributed by atoms with Gasteiger partial charge >= 0.3 is 0 Å². The van der Waals surface area contributed by atoms with Gasteiger partial charge in [-0.25, -0.2) is 0 Å².